The molecule has 0 heterocycles. The molecule has 0 spiro atoms. The third-order valence-electron chi connectivity index (χ3n) is 3.32. The van der Waals surface area contributed by atoms with E-state index in [9.17, 15) is 0 Å². The zero-order valence-corrected chi connectivity index (χ0v) is 11.1. The normalized spacial score (nSPS) is 10.9. The molecule has 2 aromatic rings. The monoisotopic (exact) mass is 224 g/mol. The molecule has 2 aromatic carbocycles. The SMILES string of the molecule is Cc1cc(C)c(C(C)C)cc1-c1ccccc1. The Labute approximate surface area is 104 Å². The lowest BCUT2D eigenvalue weighted by Gasteiger charge is -2.15. The summed E-state index contributed by atoms with van der Waals surface area (Å²) in [6, 6.07) is 15.3. The fourth-order valence-electron chi connectivity index (χ4n) is 2.42. The zero-order chi connectivity index (χ0) is 12.4. The van der Waals surface area contributed by atoms with Crippen molar-refractivity contribution in [2.24, 2.45) is 0 Å². The molecule has 0 aliphatic heterocycles. The van der Waals surface area contributed by atoms with Crippen LogP contribution in [0.25, 0.3) is 11.1 Å². The first-order valence-corrected chi connectivity index (χ1v) is 6.26. The van der Waals surface area contributed by atoms with Gasteiger partial charge in [-0.3, -0.25) is 0 Å². The van der Waals surface area contributed by atoms with Crippen LogP contribution in [0.3, 0.4) is 0 Å². The number of aryl methyl sites for hydroxylation is 2. The van der Waals surface area contributed by atoms with Crippen LogP contribution in [0.2, 0.25) is 0 Å². The summed E-state index contributed by atoms with van der Waals surface area (Å²) in [6.45, 7) is 8.91. The smallest absolute Gasteiger partial charge is 0.0152 e. The molecule has 2 rings (SSSR count). The largest absolute Gasteiger partial charge is 0.0622 e. The Bertz CT molecular complexity index is 507. The summed E-state index contributed by atoms with van der Waals surface area (Å²) in [7, 11) is 0. The second-order valence-electron chi connectivity index (χ2n) is 5.04. The minimum atomic E-state index is 0.582. The summed E-state index contributed by atoms with van der Waals surface area (Å²) in [6.07, 6.45) is 0. The van der Waals surface area contributed by atoms with E-state index >= 15 is 0 Å². The van der Waals surface area contributed by atoms with E-state index in [0.29, 0.717) is 5.92 Å². The van der Waals surface area contributed by atoms with Crippen LogP contribution in [0.4, 0.5) is 0 Å². The van der Waals surface area contributed by atoms with Gasteiger partial charge >= 0.3 is 0 Å². The minimum absolute atomic E-state index is 0.582. The molecule has 0 bridgehead atoms. The standard InChI is InChI=1S/C17H20/c1-12(2)16-11-17(14(4)10-13(16)3)15-8-6-5-7-9-15/h5-12H,1-4H3. The van der Waals surface area contributed by atoms with E-state index in [1.165, 1.54) is 27.8 Å². The molecule has 0 aromatic heterocycles. The number of hydrogen-bond acceptors (Lipinski definition) is 0. The molecule has 0 radical (unpaired) electrons. The zero-order valence-electron chi connectivity index (χ0n) is 11.1. The average molecular weight is 224 g/mol. The van der Waals surface area contributed by atoms with Gasteiger partial charge in [-0.25, -0.2) is 0 Å². The van der Waals surface area contributed by atoms with Crippen LogP contribution in [0, 0.1) is 13.8 Å². The topological polar surface area (TPSA) is 0 Å². The summed E-state index contributed by atoms with van der Waals surface area (Å²) >= 11 is 0. The first-order valence-electron chi connectivity index (χ1n) is 6.26. The highest BCUT2D eigenvalue weighted by atomic mass is 14.1. The maximum Gasteiger partial charge on any atom is -0.0152 e. The summed E-state index contributed by atoms with van der Waals surface area (Å²) < 4.78 is 0. The van der Waals surface area contributed by atoms with E-state index < -0.39 is 0 Å². The van der Waals surface area contributed by atoms with Gasteiger partial charge in [-0.15, -0.1) is 0 Å². The van der Waals surface area contributed by atoms with E-state index in [2.05, 4.69) is 70.2 Å². The van der Waals surface area contributed by atoms with Crippen LogP contribution in [0.5, 0.6) is 0 Å². The second-order valence-corrected chi connectivity index (χ2v) is 5.04. The quantitative estimate of drug-likeness (QED) is 0.666. The molecule has 0 saturated carbocycles. The van der Waals surface area contributed by atoms with Gasteiger partial charge in [0.25, 0.3) is 0 Å². The molecule has 0 unspecified atom stereocenters. The highest BCUT2D eigenvalue weighted by Crippen LogP contribution is 2.29. The number of hydrogen-bond donors (Lipinski definition) is 0. The number of rotatable bonds is 2. The lowest BCUT2D eigenvalue weighted by molar-refractivity contribution is 0.856. The Balaban J connectivity index is 2.59. The lowest BCUT2D eigenvalue weighted by atomic mass is 9.90. The fourth-order valence-corrected chi connectivity index (χ4v) is 2.42. The minimum Gasteiger partial charge on any atom is -0.0622 e. The van der Waals surface area contributed by atoms with Crippen LogP contribution in [0.15, 0.2) is 42.5 Å². The van der Waals surface area contributed by atoms with Crippen molar-refractivity contribution >= 4 is 0 Å². The summed E-state index contributed by atoms with van der Waals surface area (Å²) in [5.41, 5.74) is 6.89. The molecular formula is C17H20. The van der Waals surface area contributed by atoms with Crippen molar-refractivity contribution in [3.8, 4) is 11.1 Å². The van der Waals surface area contributed by atoms with Crippen LogP contribution in [-0.4, -0.2) is 0 Å². The van der Waals surface area contributed by atoms with E-state index in [-0.39, 0.29) is 0 Å². The molecule has 0 fully saturated rings. The Morgan fingerprint density at radius 2 is 1.47 bits per heavy atom. The van der Waals surface area contributed by atoms with E-state index in [1.807, 2.05) is 0 Å². The van der Waals surface area contributed by atoms with Crippen LogP contribution >= 0.6 is 0 Å². The van der Waals surface area contributed by atoms with Crippen molar-refractivity contribution in [1.82, 2.24) is 0 Å². The summed E-state index contributed by atoms with van der Waals surface area (Å²) in [5, 5.41) is 0. The molecule has 17 heavy (non-hydrogen) atoms. The van der Waals surface area contributed by atoms with Crippen molar-refractivity contribution in [3.63, 3.8) is 0 Å². The van der Waals surface area contributed by atoms with Gasteiger partial charge in [0.15, 0.2) is 0 Å². The number of benzene rings is 2. The average Bonchev–Trinajstić information content (AvgIpc) is 2.29. The molecule has 0 amide bonds. The van der Waals surface area contributed by atoms with Crippen LogP contribution in [0.1, 0.15) is 36.5 Å². The molecule has 0 heteroatoms. The van der Waals surface area contributed by atoms with E-state index in [0.717, 1.165) is 0 Å². The van der Waals surface area contributed by atoms with Crippen molar-refractivity contribution in [2.75, 3.05) is 0 Å². The van der Waals surface area contributed by atoms with Gasteiger partial charge in [-0.2, -0.15) is 0 Å². The predicted octanol–water partition coefficient (Wildman–Crippen LogP) is 5.09. The maximum absolute atomic E-state index is 2.35. The molecule has 0 atom stereocenters. The molecular weight excluding hydrogens is 204 g/mol. The molecule has 88 valence electrons. The highest BCUT2D eigenvalue weighted by Gasteiger charge is 2.08. The highest BCUT2D eigenvalue weighted by molar-refractivity contribution is 5.68. The van der Waals surface area contributed by atoms with Crippen molar-refractivity contribution in [2.45, 2.75) is 33.6 Å². The van der Waals surface area contributed by atoms with E-state index in [4.69, 9.17) is 0 Å². The second kappa shape index (κ2) is 4.75. The van der Waals surface area contributed by atoms with Gasteiger partial charge in [-0.05, 0) is 47.6 Å². The maximum atomic E-state index is 2.35. The predicted molar refractivity (Wildman–Crippen MR) is 75.4 cm³/mol. The van der Waals surface area contributed by atoms with Crippen molar-refractivity contribution < 1.29 is 0 Å². The third kappa shape index (κ3) is 2.41. The van der Waals surface area contributed by atoms with E-state index in [1.54, 1.807) is 0 Å². The Morgan fingerprint density at radius 1 is 0.824 bits per heavy atom. The van der Waals surface area contributed by atoms with Crippen molar-refractivity contribution in [3.05, 3.63) is 59.2 Å². The Hall–Kier alpha value is -1.56. The first kappa shape index (κ1) is 11.9. The lowest BCUT2D eigenvalue weighted by Crippen LogP contribution is -1.95. The van der Waals surface area contributed by atoms with Gasteiger partial charge in [0.1, 0.15) is 0 Å². The fraction of sp³-hybridized carbons (Fsp3) is 0.294. The van der Waals surface area contributed by atoms with Gasteiger partial charge in [0.2, 0.25) is 0 Å². The van der Waals surface area contributed by atoms with Gasteiger partial charge in [0, 0.05) is 0 Å². The van der Waals surface area contributed by atoms with Gasteiger partial charge in [-0.1, -0.05) is 56.3 Å². The van der Waals surface area contributed by atoms with Crippen LogP contribution in [-0.2, 0) is 0 Å². The van der Waals surface area contributed by atoms with Crippen molar-refractivity contribution in [1.29, 1.82) is 0 Å². The van der Waals surface area contributed by atoms with Crippen LogP contribution < -0.4 is 0 Å². The first-order chi connectivity index (χ1) is 8.09. The molecule has 0 aliphatic carbocycles. The third-order valence-corrected chi connectivity index (χ3v) is 3.32. The van der Waals surface area contributed by atoms with Gasteiger partial charge in [0.05, 0.1) is 0 Å². The molecule has 0 saturated heterocycles. The van der Waals surface area contributed by atoms with Gasteiger partial charge < -0.3 is 0 Å². The summed E-state index contributed by atoms with van der Waals surface area (Å²) in [4.78, 5) is 0. The Morgan fingerprint density at radius 3 is 2.06 bits per heavy atom. The summed E-state index contributed by atoms with van der Waals surface area (Å²) in [5.74, 6) is 0.582. The molecule has 0 N–H and O–H groups in total. The Kier molecular flexibility index (Phi) is 3.33. The molecule has 0 nitrogen and oxygen atoms in total. The molecule has 0 aliphatic rings.